The molecule has 0 radical (unpaired) electrons. The van der Waals surface area contributed by atoms with Gasteiger partial charge in [0, 0.05) is 78.3 Å². The van der Waals surface area contributed by atoms with Crippen molar-refractivity contribution < 1.29 is 44.1 Å². The molecule has 0 unspecified atom stereocenters. The molecule has 0 aromatic carbocycles. The van der Waals surface area contributed by atoms with Crippen molar-refractivity contribution >= 4 is 36.0 Å². The zero-order chi connectivity index (χ0) is 34.9. The topological polar surface area (TPSA) is 200 Å². The van der Waals surface area contributed by atoms with Gasteiger partial charge in [-0.05, 0) is 31.6 Å². The van der Waals surface area contributed by atoms with E-state index in [0.717, 1.165) is 32.1 Å². The van der Waals surface area contributed by atoms with Gasteiger partial charge in [0.25, 0.3) is 0 Å². The quantitative estimate of drug-likeness (QED) is 0.106. The summed E-state index contributed by atoms with van der Waals surface area (Å²) in [6.45, 7) is 5.38. The largest absolute Gasteiger partial charge is 0.480 e. The van der Waals surface area contributed by atoms with Gasteiger partial charge in [-0.25, -0.2) is 0 Å². The zero-order valence-corrected chi connectivity index (χ0v) is 28.2. The lowest BCUT2D eigenvalue weighted by Gasteiger charge is -2.32. The average molecular weight is 671 g/mol. The minimum Gasteiger partial charge on any atom is -0.480 e. The van der Waals surface area contributed by atoms with Crippen molar-refractivity contribution in [2.24, 2.45) is 5.92 Å². The van der Waals surface area contributed by atoms with Crippen LogP contribution in [-0.4, -0.2) is 163 Å². The first-order chi connectivity index (χ1) is 22.5. The van der Waals surface area contributed by atoms with E-state index >= 15 is 0 Å². The van der Waals surface area contributed by atoms with Crippen molar-refractivity contribution in [3.8, 4) is 0 Å². The number of aldehydes is 1. The van der Waals surface area contributed by atoms with Crippen LogP contribution in [0.25, 0.3) is 0 Å². The fourth-order valence-corrected chi connectivity index (χ4v) is 5.60. The maximum absolute atomic E-state index is 12.7. The van der Waals surface area contributed by atoms with Crippen LogP contribution >= 0.6 is 0 Å². The molecular weight excluding hydrogens is 612 g/mol. The highest BCUT2D eigenvalue weighted by atomic mass is 16.4. The Labute approximate surface area is 279 Å². The molecule has 47 heavy (non-hydrogen) atoms. The van der Waals surface area contributed by atoms with E-state index in [2.05, 4.69) is 10.6 Å². The predicted octanol–water partition coefficient (Wildman–Crippen LogP) is 0.430. The molecular formula is C32H58N6O9. The Morgan fingerprint density at radius 3 is 1.45 bits per heavy atom. The van der Waals surface area contributed by atoms with Gasteiger partial charge in [-0.2, -0.15) is 0 Å². The van der Waals surface area contributed by atoms with Gasteiger partial charge >= 0.3 is 17.9 Å². The van der Waals surface area contributed by atoms with Gasteiger partial charge in [0.05, 0.1) is 26.2 Å². The number of rotatable bonds is 17. The molecule has 0 atom stereocenters. The summed E-state index contributed by atoms with van der Waals surface area (Å²) in [5.41, 5.74) is 0. The number of aliphatic carboxylic acids is 3. The Bertz CT molecular complexity index is 916. The molecule has 0 aromatic heterocycles. The van der Waals surface area contributed by atoms with Crippen molar-refractivity contribution in [2.75, 3.05) is 91.6 Å². The third-order valence-corrected chi connectivity index (χ3v) is 8.26. The van der Waals surface area contributed by atoms with Crippen LogP contribution in [0.4, 0.5) is 0 Å². The number of nitrogens with one attached hydrogen (secondary N) is 2. The van der Waals surface area contributed by atoms with Gasteiger partial charge in [-0.15, -0.1) is 0 Å². The molecule has 2 fully saturated rings. The number of nitrogens with zero attached hydrogens (tertiary/aromatic N) is 4. The molecule has 1 saturated carbocycles. The number of amides is 2. The van der Waals surface area contributed by atoms with Gasteiger partial charge in [-0.3, -0.25) is 43.6 Å². The predicted molar refractivity (Wildman–Crippen MR) is 176 cm³/mol. The second-order valence-electron chi connectivity index (χ2n) is 12.3. The first-order valence-electron chi connectivity index (χ1n) is 17.0. The normalized spacial score (nSPS) is 18.1. The van der Waals surface area contributed by atoms with Crippen LogP contribution in [0.5, 0.6) is 0 Å². The first kappa shape index (κ1) is 41.9. The summed E-state index contributed by atoms with van der Waals surface area (Å²) in [5, 5.41) is 34.0. The number of carbonyl (C=O) groups excluding carboxylic acids is 3. The number of hydrogen-bond acceptors (Lipinski definition) is 10. The summed E-state index contributed by atoms with van der Waals surface area (Å²) < 4.78 is 0. The van der Waals surface area contributed by atoms with E-state index in [9.17, 15) is 44.1 Å². The van der Waals surface area contributed by atoms with Gasteiger partial charge in [0.2, 0.25) is 11.8 Å². The third-order valence-electron chi connectivity index (χ3n) is 8.26. The standard InChI is InChI=1S/C29H52N6O8.C3H6O/c36-25(31-19-24-7-3-1-4-8-24)9-5-2-6-10-30-26(37)20-32-11-13-33(21-27(38)39)15-17-35(23-29(42)43)18-16-34(14-12-32)22-28(40)41;1-2-3-4/h24H,1-23H2,(H,30,37)(H,31,36)(H,38,39)(H,40,41)(H,42,43);3H,2H2,1H3. The number of carbonyl (C=O) groups is 6. The fraction of sp³-hybridized carbons (Fsp3) is 0.812. The maximum atomic E-state index is 12.7. The average Bonchev–Trinajstić information content (AvgIpc) is 3.02. The molecule has 15 nitrogen and oxygen atoms in total. The highest BCUT2D eigenvalue weighted by molar-refractivity contribution is 5.78. The molecule has 2 aliphatic rings. The van der Waals surface area contributed by atoms with Gasteiger partial charge < -0.3 is 30.7 Å². The SMILES string of the molecule is CCC=O.O=C(O)CN1CCN(CC(=O)O)CCN(CC(=O)NCCCCCC(=O)NCC2CCCCC2)CCN(CC(=O)O)CC1. The summed E-state index contributed by atoms with van der Waals surface area (Å²) in [5.74, 6) is -2.45. The van der Waals surface area contributed by atoms with Crippen molar-refractivity contribution in [2.45, 2.75) is 71.1 Å². The minimum atomic E-state index is -1.01. The summed E-state index contributed by atoms with van der Waals surface area (Å²) in [4.78, 5) is 75.2. The van der Waals surface area contributed by atoms with E-state index in [-0.39, 0.29) is 38.0 Å². The van der Waals surface area contributed by atoms with Crippen LogP contribution in [0.3, 0.4) is 0 Å². The van der Waals surface area contributed by atoms with E-state index in [0.29, 0.717) is 77.7 Å². The summed E-state index contributed by atoms with van der Waals surface area (Å²) in [6.07, 6.45) is 10.6. The molecule has 270 valence electrons. The smallest absolute Gasteiger partial charge is 0.317 e. The Hall–Kier alpha value is -3.14. The minimum absolute atomic E-state index is 0.0911. The number of carboxylic acids is 3. The lowest BCUT2D eigenvalue weighted by molar-refractivity contribution is -0.140. The monoisotopic (exact) mass is 670 g/mol. The summed E-state index contributed by atoms with van der Waals surface area (Å²) >= 11 is 0. The number of carboxylic acid groups (broad SMARTS) is 3. The van der Waals surface area contributed by atoms with Crippen LogP contribution in [-0.2, 0) is 28.8 Å². The molecule has 1 saturated heterocycles. The van der Waals surface area contributed by atoms with Crippen molar-refractivity contribution in [1.29, 1.82) is 0 Å². The van der Waals surface area contributed by atoms with E-state index in [4.69, 9.17) is 0 Å². The molecule has 1 aliphatic heterocycles. The summed E-state index contributed by atoms with van der Waals surface area (Å²) in [6, 6.07) is 0. The Balaban J connectivity index is 0.00000260. The molecule has 1 aliphatic carbocycles. The van der Waals surface area contributed by atoms with E-state index in [1.807, 2.05) is 11.8 Å². The van der Waals surface area contributed by atoms with Crippen molar-refractivity contribution in [3.05, 3.63) is 0 Å². The molecule has 5 N–H and O–H groups in total. The van der Waals surface area contributed by atoms with E-state index in [1.54, 1.807) is 14.7 Å². The van der Waals surface area contributed by atoms with Crippen LogP contribution in [0.15, 0.2) is 0 Å². The van der Waals surface area contributed by atoms with E-state index in [1.165, 1.54) is 32.1 Å². The lowest BCUT2D eigenvalue weighted by Crippen LogP contribution is -2.49. The highest BCUT2D eigenvalue weighted by Gasteiger charge is 2.21. The third kappa shape index (κ3) is 22.9. The molecule has 0 aromatic rings. The molecule has 0 spiro atoms. The van der Waals surface area contributed by atoms with Crippen molar-refractivity contribution in [1.82, 2.24) is 30.2 Å². The molecule has 15 heteroatoms. The van der Waals surface area contributed by atoms with Crippen molar-refractivity contribution in [3.63, 3.8) is 0 Å². The highest BCUT2D eigenvalue weighted by Crippen LogP contribution is 2.22. The Morgan fingerprint density at radius 1 is 0.617 bits per heavy atom. The Morgan fingerprint density at radius 2 is 1.04 bits per heavy atom. The number of hydrogen-bond donors (Lipinski definition) is 5. The van der Waals surface area contributed by atoms with Crippen LogP contribution in [0.2, 0.25) is 0 Å². The molecule has 0 bridgehead atoms. The zero-order valence-electron chi connectivity index (χ0n) is 28.2. The second kappa shape index (κ2) is 25.9. The fourth-order valence-electron chi connectivity index (χ4n) is 5.60. The van der Waals surface area contributed by atoms with Gasteiger partial charge in [0.15, 0.2) is 0 Å². The molecule has 1 heterocycles. The lowest BCUT2D eigenvalue weighted by atomic mass is 9.89. The molecule has 2 amide bonds. The van der Waals surface area contributed by atoms with Crippen LogP contribution in [0, 0.1) is 5.92 Å². The first-order valence-corrected chi connectivity index (χ1v) is 17.0. The van der Waals surface area contributed by atoms with Gasteiger partial charge in [0.1, 0.15) is 6.29 Å². The maximum Gasteiger partial charge on any atom is 0.317 e. The Kier molecular flexibility index (Phi) is 23.1. The summed E-state index contributed by atoms with van der Waals surface area (Å²) in [7, 11) is 0. The van der Waals surface area contributed by atoms with Gasteiger partial charge in [-0.1, -0.05) is 32.6 Å². The van der Waals surface area contributed by atoms with Crippen LogP contribution < -0.4 is 10.6 Å². The van der Waals surface area contributed by atoms with E-state index < -0.39 is 17.9 Å². The molecule has 2 rings (SSSR count). The van der Waals surface area contributed by atoms with Crippen LogP contribution in [0.1, 0.15) is 71.1 Å². The second-order valence-corrected chi connectivity index (χ2v) is 12.3. The number of unbranched alkanes of at least 4 members (excludes halogenated alkanes) is 2.